The minimum atomic E-state index is -3.54. The molecule has 0 atom stereocenters. The Labute approximate surface area is 155 Å². The van der Waals surface area contributed by atoms with Gasteiger partial charge in [0.2, 0.25) is 5.91 Å². The van der Waals surface area contributed by atoms with Gasteiger partial charge in [-0.2, -0.15) is 8.42 Å². The lowest BCUT2D eigenvalue weighted by molar-refractivity contribution is -0.132. The fourth-order valence-corrected chi connectivity index (χ4v) is 3.03. The van der Waals surface area contributed by atoms with Gasteiger partial charge in [0.05, 0.1) is 6.26 Å². The van der Waals surface area contributed by atoms with Gasteiger partial charge < -0.3 is 9.08 Å². The SMILES string of the molecule is CCCCC(=O)N(Cc1ccccc1)Cc1ccc(OS(C)(=O)=O)cc1. The van der Waals surface area contributed by atoms with Crippen LogP contribution in [0.2, 0.25) is 0 Å². The lowest BCUT2D eigenvalue weighted by atomic mass is 10.1. The molecule has 0 aromatic heterocycles. The van der Waals surface area contributed by atoms with Crippen LogP contribution in [-0.2, 0) is 28.0 Å². The van der Waals surface area contributed by atoms with Crippen LogP contribution >= 0.6 is 0 Å². The molecule has 0 unspecified atom stereocenters. The first-order chi connectivity index (χ1) is 12.4. The summed E-state index contributed by atoms with van der Waals surface area (Å²) in [5, 5.41) is 0. The van der Waals surface area contributed by atoms with E-state index in [1.807, 2.05) is 35.2 Å². The van der Waals surface area contributed by atoms with Crippen LogP contribution in [0, 0.1) is 0 Å². The molecule has 0 aliphatic heterocycles. The number of rotatable bonds is 9. The second-order valence-corrected chi connectivity index (χ2v) is 7.85. The predicted octanol–water partition coefficient (Wildman–Crippen LogP) is 3.74. The smallest absolute Gasteiger partial charge is 0.306 e. The van der Waals surface area contributed by atoms with Crippen LogP contribution in [0.1, 0.15) is 37.3 Å². The van der Waals surface area contributed by atoms with Crippen molar-refractivity contribution in [3.63, 3.8) is 0 Å². The molecule has 0 aliphatic carbocycles. The van der Waals surface area contributed by atoms with Crippen molar-refractivity contribution < 1.29 is 17.4 Å². The molecule has 0 fully saturated rings. The Morgan fingerprint density at radius 1 is 0.962 bits per heavy atom. The van der Waals surface area contributed by atoms with Gasteiger partial charge in [-0.15, -0.1) is 0 Å². The number of carbonyl (C=O) groups is 1. The van der Waals surface area contributed by atoms with Crippen molar-refractivity contribution in [3.8, 4) is 5.75 Å². The zero-order valence-electron chi connectivity index (χ0n) is 15.2. The van der Waals surface area contributed by atoms with E-state index < -0.39 is 10.1 Å². The molecule has 26 heavy (non-hydrogen) atoms. The van der Waals surface area contributed by atoms with Crippen molar-refractivity contribution >= 4 is 16.0 Å². The molecular weight excluding hydrogens is 350 g/mol. The van der Waals surface area contributed by atoms with Crippen molar-refractivity contribution in [2.45, 2.75) is 39.3 Å². The summed E-state index contributed by atoms with van der Waals surface area (Å²) in [7, 11) is -3.54. The molecule has 2 rings (SSSR count). The summed E-state index contributed by atoms with van der Waals surface area (Å²) in [6.45, 7) is 3.08. The number of amides is 1. The number of hydrogen-bond acceptors (Lipinski definition) is 4. The van der Waals surface area contributed by atoms with Gasteiger partial charge in [-0.3, -0.25) is 4.79 Å². The van der Waals surface area contributed by atoms with E-state index in [-0.39, 0.29) is 11.7 Å². The van der Waals surface area contributed by atoms with Crippen molar-refractivity contribution in [2.24, 2.45) is 0 Å². The monoisotopic (exact) mass is 375 g/mol. The standard InChI is InChI=1S/C20H25NO4S/c1-3-4-10-20(22)21(15-17-8-6-5-7-9-17)16-18-11-13-19(14-12-18)25-26(2,23)24/h5-9,11-14H,3-4,10,15-16H2,1-2H3. The summed E-state index contributed by atoms with van der Waals surface area (Å²) in [5.41, 5.74) is 2.00. The maximum Gasteiger partial charge on any atom is 0.306 e. The van der Waals surface area contributed by atoms with E-state index in [4.69, 9.17) is 4.18 Å². The molecule has 2 aromatic rings. The molecule has 0 N–H and O–H groups in total. The average Bonchev–Trinajstić information content (AvgIpc) is 2.60. The van der Waals surface area contributed by atoms with Crippen LogP contribution in [0.5, 0.6) is 5.75 Å². The van der Waals surface area contributed by atoms with Crippen LogP contribution in [0.4, 0.5) is 0 Å². The number of nitrogens with zero attached hydrogens (tertiary/aromatic N) is 1. The number of unbranched alkanes of at least 4 members (excludes halogenated alkanes) is 1. The van der Waals surface area contributed by atoms with Crippen molar-refractivity contribution in [3.05, 3.63) is 65.7 Å². The highest BCUT2D eigenvalue weighted by Gasteiger charge is 2.14. The van der Waals surface area contributed by atoms with E-state index in [0.29, 0.717) is 19.5 Å². The first-order valence-corrected chi connectivity index (χ1v) is 10.5. The molecule has 0 saturated carbocycles. The Morgan fingerprint density at radius 3 is 2.08 bits per heavy atom. The highest BCUT2D eigenvalue weighted by atomic mass is 32.2. The Morgan fingerprint density at radius 2 is 1.54 bits per heavy atom. The van der Waals surface area contributed by atoms with Crippen LogP contribution in [0.25, 0.3) is 0 Å². The van der Waals surface area contributed by atoms with Gasteiger partial charge in [-0.25, -0.2) is 0 Å². The second kappa shape index (κ2) is 9.38. The summed E-state index contributed by atoms with van der Waals surface area (Å²) in [5.74, 6) is 0.385. The van der Waals surface area contributed by atoms with Gasteiger partial charge in [-0.1, -0.05) is 55.8 Å². The predicted molar refractivity (Wildman–Crippen MR) is 102 cm³/mol. The zero-order chi connectivity index (χ0) is 19.0. The summed E-state index contributed by atoms with van der Waals surface area (Å²) in [4.78, 5) is 14.4. The number of benzene rings is 2. The first kappa shape index (κ1) is 20.0. The van der Waals surface area contributed by atoms with E-state index >= 15 is 0 Å². The Hall–Kier alpha value is -2.34. The molecule has 0 heterocycles. The molecule has 0 aliphatic rings. The fourth-order valence-electron chi connectivity index (χ4n) is 2.57. The third kappa shape index (κ3) is 6.88. The van der Waals surface area contributed by atoms with Crippen molar-refractivity contribution in [1.29, 1.82) is 0 Å². The summed E-state index contributed by atoms with van der Waals surface area (Å²) in [6, 6.07) is 16.7. The quantitative estimate of drug-likeness (QED) is 0.626. The van der Waals surface area contributed by atoms with E-state index in [0.717, 1.165) is 30.2 Å². The van der Waals surface area contributed by atoms with Gasteiger partial charge in [0.15, 0.2) is 0 Å². The number of hydrogen-bond donors (Lipinski definition) is 0. The van der Waals surface area contributed by atoms with Gasteiger partial charge in [0, 0.05) is 19.5 Å². The molecule has 0 saturated heterocycles. The minimum Gasteiger partial charge on any atom is -0.383 e. The number of carbonyl (C=O) groups excluding carboxylic acids is 1. The van der Waals surface area contributed by atoms with Crippen molar-refractivity contribution in [2.75, 3.05) is 6.26 Å². The molecule has 0 bridgehead atoms. The lowest BCUT2D eigenvalue weighted by Crippen LogP contribution is -2.29. The van der Waals surface area contributed by atoms with E-state index in [2.05, 4.69) is 6.92 Å². The topological polar surface area (TPSA) is 63.7 Å². The van der Waals surface area contributed by atoms with Gasteiger partial charge in [0.25, 0.3) is 0 Å². The average molecular weight is 375 g/mol. The summed E-state index contributed by atoms with van der Waals surface area (Å²) in [6.07, 6.45) is 3.38. The first-order valence-electron chi connectivity index (χ1n) is 8.67. The molecule has 140 valence electrons. The van der Waals surface area contributed by atoms with Crippen LogP contribution in [0.15, 0.2) is 54.6 Å². The molecule has 0 radical (unpaired) electrons. The fraction of sp³-hybridized carbons (Fsp3) is 0.350. The third-order valence-corrected chi connectivity index (χ3v) is 4.35. The normalized spacial score (nSPS) is 11.2. The second-order valence-electron chi connectivity index (χ2n) is 6.27. The maximum absolute atomic E-state index is 12.6. The molecule has 6 heteroatoms. The minimum absolute atomic E-state index is 0.118. The van der Waals surface area contributed by atoms with E-state index in [9.17, 15) is 13.2 Å². The summed E-state index contributed by atoms with van der Waals surface area (Å²) >= 11 is 0. The Bertz CT molecular complexity index is 801. The molecule has 1 amide bonds. The molecule has 2 aromatic carbocycles. The molecule has 0 spiro atoms. The van der Waals surface area contributed by atoms with Crippen molar-refractivity contribution in [1.82, 2.24) is 4.90 Å². The third-order valence-electron chi connectivity index (χ3n) is 3.86. The van der Waals surface area contributed by atoms with Crippen LogP contribution < -0.4 is 4.18 Å². The largest absolute Gasteiger partial charge is 0.383 e. The Kier molecular flexibility index (Phi) is 7.21. The molecular formula is C20H25NO4S. The van der Waals surface area contributed by atoms with Crippen LogP contribution in [0.3, 0.4) is 0 Å². The van der Waals surface area contributed by atoms with E-state index in [1.165, 1.54) is 0 Å². The zero-order valence-corrected chi connectivity index (χ0v) is 16.0. The summed E-state index contributed by atoms with van der Waals surface area (Å²) < 4.78 is 27.2. The van der Waals surface area contributed by atoms with Gasteiger partial charge in [0.1, 0.15) is 5.75 Å². The maximum atomic E-state index is 12.6. The highest BCUT2D eigenvalue weighted by Crippen LogP contribution is 2.17. The lowest BCUT2D eigenvalue weighted by Gasteiger charge is -2.23. The molecule has 5 nitrogen and oxygen atoms in total. The van der Waals surface area contributed by atoms with E-state index in [1.54, 1.807) is 24.3 Å². The highest BCUT2D eigenvalue weighted by molar-refractivity contribution is 7.86. The van der Waals surface area contributed by atoms with Crippen LogP contribution in [-0.4, -0.2) is 25.5 Å². The van der Waals surface area contributed by atoms with Gasteiger partial charge in [-0.05, 0) is 29.7 Å². The van der Waals surface area contributed by atoms with Gasteiger partial charge >= 0.3 is 10.1 Å². The Balaban J connectivity index is 2.11.